The molecular weight excluding hydrogens is 525 g/mol. The smallest absolute Gasteiger partial charge is 0.357 e. The third kappa shape index (κ3) is 3.98. The molecule has 10 nitrogen and oxygen atoms in total. The molecule has 1 amide bonds. The number of anilines is 4. The van der Waals surface area contributed by atoms with Crippen LogP contribution < -0.4 is 20.6 Å². The van der Waals surface area contributed by atoms with Crippen LogP contribution in [0.5, 0.6) is 0 Å². The van der Waals surface area contributed by atoms with Gasteiger partial charge in [-0.15, -0.1) is 0 Å². The SMILES string of the molecule is CC(C)(C)C1c2oc(=O)c3c(c2C(=O)N1c1ccc(F)cc1)Nc1ccc(NS(C)(=O)=O)cc1S3(=O)=O. The van der Waals surface area contributed by atoms with Crippen LogP contribution in [0, 0.1) is 11.2 Å². The summed E-state index contributed by atoms with van der Waals surface area (Å²) in [4.78, 5) is 27.2. The Hall–Kier alpha value is -3.71. The number of carbonyl (C=O) groups excluding carboxylic acids is 1. The molecule has 0 aliphatic carbocycles. The van der Waals surface area contributed by atoms with E-state index in [-0.39, 0.29) is 33.3 Å². The Balaban J connectivity index is 1.74. The Morgan fingerprint density at radius 3 is 2.32 bits per heavy atom. The molecule has 1 unspecified atom stereocenters. The second-order valence-electron chi connectivity index (χ2n) is 9.97. The van der Waals surface area contributed by atoms with Gasteiger partial charge in [-0.1, -0.05) is 20.8 Å². The largest absolute Gasteiger partial charge is 0.424 e. The zero-order valence-electron chi connectivity index (χ0n) is 20.1. The van der Waals surface area contributed by atoms with E-state index in [0.29, 0.717) is 5.69 Å². The van der Waals surface area contributed by atoms with Crippen molar-refractivity contribution in [2.75, 3.05) is 21.2 Å². The van der Waals surface area contributed by atoms with Crippen molar-refractivity contribution in [1.82, 2.24) is 0 Å². The summed E-state index contributed by atoms with van der Waals surface area (Å²) in [6.45, 7) is 5.48. The van der Waals surface area contributed by atoms with Crippen LogP contribution in [-0.4, -0.2) is 29.0 Å². The standard InChI is InChI=1S/C24H22FN3O7S2/c1-24(2,3)21-19-17(22(29)28(21)14-8-5-12(25)6-9-14)18-20(23(30)35-19)37(33,34)16-11-13(27-36(4,31)32)7-10-15(16)26-18/h5-11,21,26-27H,1-4H3. The third-order valence-corrected chi connectivity index (χ3v) is 8.51. The molecule has 0 radical (unpaired) electrons. The first-order chi connectivity index (χ1) is 17.1. The van der Waals surface area contributed by atoms with Gasteiger partial charge in [-0.05, 0) is 47.9 Å². The van der Waals surface area contributed by atoms with Crippen LogP contribution in [0.1, 0.15) is 42.9 Å². The highest BCUT2D eigenvalue weighted by atomic mass is 32.2. The molecule has 0 spiro atoms. The summed E-state index contributed by atoms with van der Waals surface area (Å²) in [6.07, 6.45) is 0.913. The lowest BCUT2D eigenvalue weighted by Crippen LogP contribution is -2.35. The van der Waals surface area contributed by atoms with Crippen molar-refractivity contribution >= 4 is 48.5 Å². The van der Waals surface area contributed by atoms with Crippen LogP contribution >= 0.6 is 0 Å². The summed E-state index contributed by atoms with van der Waals surface area (Å²) in [5.74, 6) is -1.13. The molecule has 2 aliphatic rings. The summed E-state index contributed by atoms with van der Waals surface area (Å²) < 4.78 is 71.7. The first-order valence-corrected chi connectivity index (χ1v) is 14.4. The highest BCUT2D eigenvalue weighted by Crippen LogP contribution is 2.51. The van der Waals surface area contributed by atoms with E-state index in [1.54, 1.807) is 0 Å². The van der Waals surface area contributed by atoms with E-state index in [0.717, 1.165) is 12.3 Å². The van der Waals surface area contributed by atoms with Gasteiger partial charge in [0.15, 0.2) is 4.90 Å². The fourth-order valence-electron chi connectivity index (χ4n) is 4.68. The van der Waals surface area contributed by atoms with Crippen LogP contribution in [0.3, 0.4) is 0 Å². The van der Waals surface area contributed by atoms with Crippen LogP contribution in [-0.2, 0) is 19.9 Å². The Morgan fingerprint density at radius 1 is 1.08 bits per heavy atom. The Labute approximate surface area is 212 Å². The number of hydrogen-bond acceptors (Lipinski definition) is 8. The highest BCUT2D eigenvalue weighted by Gasteiger charge is 2.50. The molecule has 13 heteroatoms. The minimum absolute atomic E-state index is 0.00733. The molecule has 37 heavy (non-hydrogen) atoms. The lowest BCUT2D eigenvalue weighted by molar-refractivity contribution is 0.0977. The molecule has 0 bridgehead atoms. The molecule has 194 valence electrons. The number of nitrogens with zero attached hydrogens (tertiary/aromatic N) is 1. The second-order valence-corrected chi connectivity index (χ2v) is 13.6. The third-order valence-electron chi connectivity index (χ3n) is 6.08. The lowest BCUT2D eigenvalue weighted by Gasteiger charge is -2.34. The number of nitrogens with one attached hydrogen (secondary N) is 2. The van der Waals surface area contributed by atoms with Crippen LogP contribution in [0.2, 0.25) is 0 Å². The normalized spacial score (nSPS) is 18.0. The van der Waals surface area contributed by atoms with Crippen molar-refractivity contribution in [3.63, 3.8) is 0 Å². The van der Waals surface area contributed by atoms with Gasteiger partial charge in [0.25, 0.3) is 5.91 Å². The summed E-state index contributed by atoms with van der Waals surface area (Å²) in [6, 6.07) is 8.18. The number of hydrogen-bond donors (Lipinski definition) is 2. The van der Waals surface area contributed by atoms with Gasteiger partial charge in [-0.25, -0.2) is 26.0 Å². The first kappa shape index (κ1) is 25.0. The number of benzene rings is 2. The van der Waals surface area contributed by atoms with E-state index in [2.05, 4.69) is 10.0 Å². The summed E-state index contributed by atoms with van der Waals surface area (Å²) in [7, 11) is -8.22. The quantitative estimate of drug-likeness (QED) is 0.394. The fourth-order valence-corrected chi connectivity index (χ4v) is 6.83. The van der Waals surface area contributed by atoms with Gasteiger partial charge >= 0.3 is 5.63 Å². The molecule has 0 saturated carbocycles. The zero-order chi connectivity index (χ0) is 27.1. The zero-order valence-corrected chi connectivity index (χ0v) is 21.8. The first-order valence-electron chi connectivity index (χ1n) is 11.0. The van der Waals surface area contributed by atoms with Gasteiger partial charge in [0, 0.05) is 11.4 Å². The molecule has 3 aromatic rings. The Kier molecular flexibility index (Phi) is 5.32. The molecule has 2 N–H and O–H groups in total. The molecule has 5 rings (SSSR count). The summed E-state index contributed by atoms with van der Waals surface area (Å²) in [5.41, 5.74) is -1.80. The fraction of sp³-hybridized carbons (Fsp3) is 0.250. The van der Waals surface area contributed by atoms with E-state index in [1.165, 1.54) is 41.3 Å². The van der Waals surface area contributed by atoms with Crippen LogP contribution in [0.25, 0.3) is 0 Å². The predicted octanol–water partition coefficient (Wildman–Crippen LogP) is 3.79. The Morgan fingerprint density at radius 2 is 1.73 bits per heavy atom. The molecule has 2 aliphatic heterocycles. The minimum atomic E-state index is -4.52. The maximum absolute atomic E-state index is 13.8. The molecular formula is C24H22FN3O7S2. The van der Waals surface area contributed by atoms with Gasteiger partial charge < -0.3 is 9.73 Å². The van der Waals surface area contributed by atoms with E-state index in [9.17, 15) is 30.8 Å². The van der Waals surface area contributed by atoms with Crippen molar-refractivity contribution in [2.24, 2.45) is 5.41 Å². The molecule has 3 heterocycles. The van der Waals surface area contributed by atoms with Crippen LogP contribution in [0.4, 0.5) is 27.1 Å². The van der Waals surface area contributed by atoms with Gasteiger partial charge in [0.2, 0.25) is 19.9 Å². The number of rotatable bonds is 3. The molecule has 1 atom stereocenters. The second kappa shape index (κ2) is 7.89. The average Bonchev–Trinajstić information content (AvgIpc) is 3.06. The van der Waals surface area contributed by atoms with Crippen molar-refractivity contribution in [2.45, 2.75) is 36.6 Å². The maximum atomic E-state index is 13.8. The number of sulfonamides is 1. The number of fused-ring (bicyclic) bond motifs is 4. The average molecular weight is 548 g/mol. The van der Waals surface area contributed by atoms with Crippen molar-refractivity contribution in [1.29, 1.82) is 0 Å². The van der Waals surface area contributed by atoms with Gasteiger partial charge in [0.05, 0.1) is 22.5 Å². The molecule has 1 aromatic heterocycles. The van der Waals surface area contributed by atoms with E-state index in [4.69, 9.17) is 4.42 Å². The van der Waals surface area contributed by atoms with Crippen molar-refractivity contribution in [3.05, 3.63) is 70.0 Å². The van der Waals surface area contributed by atoms with Gasteiger partial charge in [-0.2, -0.15) is 0 Å². The Bertz CT molecular complexity index is 1760. The number of carbonyl (C=O) groups is 1. The lowest BCUT2D eigenvalue weighted by atomic mass is 9.84. The van der Waals surface area contributed by atoms with Gasteiger partial charge in [-0.3, -0.25) is 14.4 Å². The summed E-state index contributed by atoms with van der Waals surface area (Å²) >= 11 is 0. The van der Waals surface area contributed by atoms with E-state index >= 15 is 0 Å². The number of halogens is 1. The number of amides is 1. The highest BCUT2D eigenvalue weighted by molar-refractivity contribution is 7.92. The molecule has 0 fully saturated rings. The minimum Gasteiger partial charge on any atom is -0.424 e. The topological polar surface area (TPSA) is 143 Å². The van der Waals surface area contributed by atoms with Gasteiger partial charge in [0.1, 0.15) is 23.2 Å². The summed E-state index contributed by atoms with van der Waals surface area (Å²) in [5, 5.41) is 2.89. The van der Waals surface area contributed by atoms with Crippen LogP contribution in [0.15, 0.2) is 61.5 Å². The molecule has 2 aromatic carbocycles. The van der Waals surface area contributed by atoms with Crippen molar-refractivity contribution in [3.8, 4) is 0 Å². The van der Waals surface area contributed by atoms with Crippen molar-refractivity contribution < 1.29 is 30.4 Å². The monoisotopic (exact) mass is 547 g/mol. The maximum Gasteiger partial charge on any atom is 0.357 e. The van der Waals surface area contributed by atoms with E-state index < -0.39 is 53.6 Å². The predicted molar refractivity (Wildman–Crippen MR) is 134 cm³/mol. The van der Waals surface area contributed by atoms with E-state index in [1.807, 2.05) is 20.8 Å². The molecule has 0 saturated heterocycles. The number of sulfone groups is 1.